The molecule has 0 atom stereocenters. The van der Waals surface area contributed by atoms with Crippen LogP contribution in [0.4, 0.5) is 5.82 Å². The zero-order chi connectivity index (χ0) is 13.0. The van der Waals surface area contributed by atoms with Gasteiger partial charge >= 0.3 is 0 Å². The molecule has 4 heteroatoms. The minimum atomic E-state index is 0.445. The fraction of sp³-hybridized carbons (Fsp3) is 0.308. The second-order valence-corrected chi connectivity index (χ2v) is 3.42. The summed E-state index contributed by atoms with van der Waals surface area (Å²) in [4.78, 5) is 8.30. The number of hydrogen-bond donors (Lipinski definition) is 1. The van der Waals surface area contributed by atoms with Gasteiger partial charge in [0.15, 0.2) is 0 Å². The van der Waals surface area contributed by atoms with Crippen molar-refractivity contribution >= 4 is 16.6 Å². The topological polar surface area (TPSA) is 75.6 Å². The summed E-state index contributed by atoms with van der Waals surface area (Å²) in [6.45, 7) is 7.72. The molecule has 2 rings (SSSR count). The molecule has 88 valence electrons. The smallest absolute Gasteiger partial charge is 0.123 e. The maximum atomic E-state index is 9.03. The van der Waals surface area contributed by atoms with Gasteiger partial charge in [0.2, 0.25) is 0 Å². The Bertz CT molecular complexity index is 582. The summed E-state index contributed by atoms with van der Waals surface area (Å²) in [5.41, 5.74) is 7.77. The van der Waals surface area contributed by atoms with Gasteiger partial charge in [-0.3, -0.25) is 4.98 Å². The van der Waals surface area contributed by atoms with Crippen LogP contribution in [0.25, 0.3) is 10.8 Å². The van der Waals surface area contributed by atoms with E-state index in [0.717, 1.165) is 22.2 Å². The van der Waals surface area contributed by atoms with Crippen molar-refractivity contribution in [1.29, 1.82) is 5.26 Å². The van der Waals surface area contributed by atoms with E-state index in [1.807, 2.05) is 27.7 Å². The average Bonchev–Trinajstić information content (AvgIpc) is 2.33. The van der Waals surface area contributed by atoms with E-state index >= 15 is 0 Å². The number of aromatic nitrogens is 2. The van der Waals surface area contributed by atoms with Gasteiger partial charge in [-0.05, 0) is 19.9 Å². The Balaban J connectivity index is 0.000000686. The van der Waals surface area contributed by atoms with Crippen molar-refractivity contribution in [3.63, 3.8) is 0 Å². The van der Waals surface area contributed by atoms with Gasteiger partial charge in [0.25, 0.3) is 0 Å². The van der Waals surface area contributed by atoms with Gasteiger partial charge in [-0.2, -0.15) is 5.26 Å². The van der Waals surface area contributed by atoms with E-state index in [4.69, 9.17) is 11.0 Å². The molecule has 0 saturated heterocycles. The Morgan fingerprint density at radius 3 is 2.41 bits per heavy atom. The van der Waals surface area contributed by atoms with Crippen molar-refractivity contribution in [2.45, 2.75) is 27.7 Å². The highest BCUT2D eigenvalue weighted by Crippen LogP contribution is 2.23. The summed E-state index contributed by atoms with van der Waals surface area (Å²) >= 11 is 0. The number of rotatable bonds is 0. The van der Waals surface area contributed by atoms with Crippen molar-refractivity contribution in [1.82, 2.24) is 9.97 Å². The summed E-state index contributed by atoms with van der Waals surface area (Å²) in [6, 6.07) is 3.89. The van der Waals surface area contributed by atoms with E-state index in [1.165, 1.54) is 0 Å². The minimum Gasteiger partial charge on any atom is -0.384 e. The molecule has 0 aliphatic heterocycles. The molecule has 0 aliphatic carbocycles. The zero-order valence-corrected chi connectivity index (χ0v) is 10.6. The highest BCUT2D eigenvalue weighted by atomic mass is 14.8. The fourth-order valence-corrected chi connectivity index (χ4v) is 1.67. The number of anilines is 1. The molecule has 0 bridgehead atoms. The van der Waals surface area contributed by atoms with Crippen LogP contribution < -0.4 is 5.73 Å². The highest BCUT2D eigenvalue weighted by Gasteiger charge is 2.09. The first-order valence-electron chi connectivity index (χ1n) is 5.56. The first kappa shape index (κ1) is 12.9. The third kappa shape index (κ3) is 2.34. The Kier molecular flexibility index (Phi) is 4.00. The number of nitrogen functional groups attached to an aromatic ring is 1. The first-order valence-corrected chi connectivity index (χ1v) is 5.56. The molecule has 2 aromatic rings. The number of aryl methyl sites for hydroxylation is 2. The van der Waals surface area contributed by atoms with Crippen LogP contribution in [0.15, 0.2) is 12.3 Å². The predicted molar refractivity (Wildman–Crippen MR) is 69.5 cm³/mol. The molecule has 0 unspecified atom stereocenters. The molecule has 2 aromatic heterocycles. The molecule has 4 nitrogen and oxygen atoms in total. The van der Waals surface area contributed by atoms with Crippen molar-refractivity contribution in [3.8, 4) is 6.07 Å². The van der Waals surface area contributed by atoms with Crippen molar-refractivity contribution in [2.75, 3.05) is 5.73 Å². The molecule has 0 spiro atoms. The lowest BCUT2D eigenvalue weighted by Gasteiger charge is -2.06. The van der Waals surface area contributed by atoms with Crippen LogP contribution in [0.2, 0.25) is 0 Å². The third-order valence-corrected chi connectivity index (χ3v) is 2.39. The second-order valence-electron chi connectivity index (χ2n) is 3.42. The van der Waals surface area contributed by atoms with Gasteiger partial charge in [-0.25, -0.2) is 4.98 Å². The molecular formula is C13H16N4. The van der Waals surface area contributed by atoms with Crippen LogP contribution in [0.5, 0.6) is 0 Å². The van der Waals surface area contributed by atoms with Crippen LogP contribution in [-0.4, -0.2) is 9.97 Å². The van der Waals surface area contributed by atoms with Crippen LogP contribution in [0, 0.1) is 25.2 Å². The highest BCUT2D eigenvalue weighted by molar-refractivity contribution is 5.90. The summed E-state index contributed by atoms with van der Waals surface area (Å²) in [5.74, 6) is 0.445. The summed E-state index contributed by atoms with van der Waals surface area (Å²) in [5, 5.41) is 10.7. The van der Waals surface area contributed by atoms with Crippen LogP contribution >= 0.6 is 0 Å². The number of nitrogens with two attached hydrogens (primary N) is 1. The van der Waals surface area contributed by atoms with E-state index < -0.39 is 0 Å². The SMILES string of the molecule is CC.Cc1nc(C)c2cc(N)ncc2c1C#N. The number of nitrogens with zero attached hydrogens (tertiary/aromatic N) is 3. The minimum absolute atomic E-state index is 0.445. The zero-order valence-electron chi connectivity index (χ0n) is 10.6. The largest absolute Gasteiger partial charge is 0.384 e. The lowest BCUT2D eigenvalue weighted by atomic mass is 10.1. The molecule has 17 heavy (non-hydrogen) atoms. The molecule has 0 saturated carbocycles. The van der Waals surface area contributed by atoms with Crippen molar-refractivity contribution in [2.24, 2.45) is 0 Å². The quantitative estimate of drug-likeness (QED) is 0.752. The first-order chi connectivity index (χ1) is 8.13. The fourth-order valence-electron chi connectivity index (χ4n) is 1.67. The maximum Gasteiger partial charge on any atom is 0.123 e. The Hall–Kier alpha value is -2.15. The normalized spacial score (nSPS) is 9.35. The van der Waals surface area contributed by atoms with Gasteiger partial charge < -0.3 is 5.73 Å². The molecular weight excluding hydrogens is 212 g/mol. The molecule has 0 amide bonds. The molecule has 2 heterocycles. The van der Waals surface area contributed by atoms with Crippen molar-refractivity contribution in [3.05, 3.63) is 29.2 Å². The van der Waals surface area contributed by atoms with Crippen molar-refractivity contribution < 1.29 is 0 Å². The molecule has 0 aliphatic rings. The summed E-state index contributed by atoms with van der Waals surface area (Å²) in [6.07, 6.45) is 1.63. The average molecular weight is 228 g/mol. The second kappa shape index (κ2) is 5.26. The number of nitriles is 1. The third-order valence-electron chi connectivity index (χ3n) is 2.39. The van der Waals surface area contributed by atoms with E-state index in [0.29, 0.717) is 11.4 Å². The monoisotopic (exact) mass is 228 g/mol. The lowest BCUT2D eigenvalue weighted by Crippen LogP contribution is -1.97. The molecule has 2 N–H and O–H groups in total. The van der Waals surface area contributed by atoms with Gasteiger partial charge in [-0.15, -0.1) is 0 Å². The summed E-state index contributed by atoms with van der Waals surface area (Å²) in [7, 11) is 0. The van der Waals surface area contributed by atoms with Gasteiger partial charge in [-0.1, -0.05) is 13.8 Å². The molecule has 0 fully saturated rings. The lowest BCUT2D eigenvalue weighted by molar-refractivity contribution is 1.13. The number of hydrogen-bond acceptors (Lipinski definition) is 4. The van der Waals surface area contributed by atoms with E-state index in [-0.39, 0.29) is 0 Å². The Morgan fingerprint density at radius 1 is 1.18 bits per heavy atom. The van der Waals surface area contributed by atoms with Crippen LogP contribution in [-0.2, 0) is 0 Å². The van der Waals surface area contributed by atoms with E-state index in [1.54, 1.807) is 12.3 Å². The van der Waals surface area contributed by atoms with E-state index in [2.05, 4.69) is 16.0 Å². The Morgan fingerprint density at radius 2 is 1.82 bits per heavy atom. The van der Waals surface area contributed by atoms with Crippen LogP contribution in [0.1, 0.15) is 30.8 Å². The number of fused-ring (bicyclic) bond motifs is 1. The summed E-state index contributed by atoms with van der Waals surface area (Å²) < 4.78 is 0. The molecule has 0 aromatic carbocycles. The van der Waals surface area contributed by atoms with Gasteiger partial charge in [0.05, 0.1) is 11.3 Å². The van der Waals surface area contributed by atoms with E-state index in [9.17, 15) is 0 Å². The maximum absolute atomic E-state index is 9.03. The van der Waals surface area contributed by atoms with Gasteiger partial charge in [0.1, 0.15) is 11.9 Å². The predicted octanol–water partition coefficient (Wildman–Crippen LogP) is 2.73. The van der Waals surface area contributed by atoms with Gasteiger partial charge in [0, 0.05) is 22.7 Å². The Labute approximate surface area is 101 Å². The molecule has 0 radical (unpaired) electrons. The number of pyridine rings is 2. The standard InChI is InChI=1S/C11H10N4.C2H6/c1-6-8-3-11(13)14-5-10(8)9(4-12)7(2)15-6;1-2/h3,5H,1-2H3,(H2,13,14);1-2H3. The van der Waals surface area contributed by atoms with Crippen LogP contribution in [0.3, 0.4) is 0 Å².